The quantitative estimate of drug-likeness (QED) is 0.0253. The Morgan fingerprint density at radius 1 is 0.675 bits per heavy atom. The molecular formula is C23H45N11O6. The van der Waals surface area contributed by atoms with Gasteiger partial charge in [-0.2, -0.15) is 0 Å². The Bertz CT molecular complexity index is 842. The largest absolute Gasteiger partial charge is 0.370 e. The molecule has 0 aliphatic carbocycles. The molecule has 40 heavy (non-hydrogen) atoms. The highest BCUT2D eigenvalue weighted by atomic mass is 16.2. The Labute approximate surface area is 233 Å². The first-order chi connectivity index (χ1) is 19.1. The van der Waals surface area contributed by atoms with Crippen LogP contribution in [0.3, 0.4) is 0 Å². The average Bonchev–Trinajstić information content (AvgIpc) is 2.93. The Balaban J connectivity index is 4.83. The number of unbranched alkanes of at least 4 members (excludes halogenated alkanes) is 1. The number of carbonyl (C=O) groups is 6. The second-order valence-electron chi connectivity index (χ2n) is 8.89. The molecule has 0 bridgehead atoms. The van der Waals surface area contributed by atoms with Crippen LogP contribution >= 0.6 is 0 Å². The second kappa shape index (κ2) is 22.0. The molecular weight excluding hydrogens is 526 g/mol. The molecule has 0 saturated heterocycles. The molecule has 0 radical (unpaired) electrons. The summed E-state index contributed by atoms with van der Waals surface area (Å²) in [5.41, 5.74) is 21.5. The summed E-state index contributed by atoms with van der Waals surface area (Å²) in [6, 6.07) is -2.72. The molecule has 15 N–H and O–H groups in total. The van der Waals surface area contributed by atoms with Gasteiger partial charge < -0.3 is 59.6 Å². The Morgan fingerprint density at radius 3 is 1.70 bits per heavy atom. The number of amides is 5. The van der Waals surface area contributed by atoms with Gasteiger partial charge in [-0.15, -0.1) is 0 Å². The summed E-state index contributed by atoms with van der Waals surface area (Å²) in [5, 5.41) is 22.0. The first-order valence-electron chi connectivity index (χ1n) is 13.1. The van der Waals surface area contributed by atoms with E-state index in [4.69, 9.17) is 28.3 Å². The van der Waals surface area contributed by atoms with Crippen molar-refractivity contribution >= 4 is 41.8 Å². The van der Waals surface area contributed by atoms with E-state index in [1.807, 2.05) is 0 Å². The highest BCUT2D eigenvalue weighted by Crippen LogP contribution is 2.01. The van der Waals surface area contributed by atoms with Crippen molar-refractivity contribution in [3.05, 3.63) is 0 Å². The fraction of sp³-hybridized carbons (Fsp3) is 0.696. The number of hydrogen-bond acceptors (Lipinski definition) is 10. The number of hydrogen-bond donors (Lipinski definition) is 11. The van der Waals surface area contributed by atoms with Crippen LogP contribution < -0.4 is 54.8 Å². The van der Waals surface area contributed by atoms with Gasteiger partial charge in [0.05, 0.1) is 25.7 Å². The van der Waals surface area contributed by atoms with Crippen molar-refractivity contribution in [3.8, 4) is 0 Å². The lowest BCUT2D eigenvalue weighted by molar-refractivity contribution is -0.132. The topological polar surface area (TPSA) is 303 Å². The summed E-state index contributed by atoms with van der Waals surface area (Å²) in [6.45, 7) is -0.171. The molecule has 0 saturated carbocycles. The lowest BCUT2D eigenvalue weighted by Crippen LogP contribution is -2.53. The Kier molecular flexibility index (Phi) is 19.9. The van der Waals surface area contributed by atoms with Crippen LogP contribution in [0.4, 0.5) is 0 Å². The molecule has 0 aromatic carbocycles. The normalized spacial score (nSPS) is 12.7. The standard InChI is InChI=1S/C23H45N11O6/c24-8-2-1-6-16(33-18(36)11-26)21(39)31-13-20(38)34-17(7-3-9-25)22(40)30-12-19(37)32-15(14-35)5-4-10-29-23(27)28/h14-17H,1-13,24-26H2,(H,30,40)(H,31,39)(H,32,37)(H,33,36)(H,34,38)(H4,27,28,29)/t15-,16-,17-/m0/s1. The minimum absolute atomic E-state index is 0.179. The van der Waals surface area contributed by atoms with Crippen molar-refractivity contribution in [2.24, 2.45) is 22.9 Å². The maximum absolute atomic E-state index is 12.7. The summed E-state index contributed by atoms with van der Waals surface area (Å²) in [4.78, 5) is 72.7. The molecule has 0 aliphatic rings. The number of carbonyl (C=O) groups excluding carboxylic acids is 6. The lowest BCUT2D eigenvalue weighted by atomic mass is 10.1. The maximum atomic E-state index is 12.7. The minimum atomic E-state index is -1.03. The molecule has 0 aromatic heterocycles. The van der Waals surface area contributed by atoms with Crippen LogP contribution in [0.5, 0.6) is 0 Å². The zero-order valence-corrected chi connectivity index (χ0v) is 22.8. The highest BCUT2D eigenvalue weighted by molar-refractivity contribution is 5.93. The first-order valence-corrected chi connectivity index (χ1v) is 13.1. The zero-order valence-electron chi connectivity index (χ0n) is 22.8. The van der Waals surface area contributed by atoms with E-state index >= 15 is 0 Å². The summed E-state index contributed by atoms with van der Waals surface area (Å²) in [6.07, 6.45) is 3.43. The first kappa shape index (κ1) is 36.2. The van der Waals surface area contributed by atoms with Gasteiger partial charge in [-0.1, -0.05) is 0 Å². The van der Waals surface area contributed by atoms with Crippen molar-refractivity contribution in [1.29, 1.82) is 5.41 Å². The predicted molar refractivity (Wildman–Crippen MR) is 147 cm³/mol. The van der Waals surface area contributed by atoms with Gasteiger partial charge in [-0.3, -0.25) is 29.4 Å². The molecule has 0 spiro atoms. The number of nitrogens with one attached hydrogen (secondary N) is 7. The number of aldehydes is 1. The van der Waals surface area contributed by atoms with E-state index in [1.165, 1.54) is 0 Å². The fourth-order valence-electron chi connectivity index (χ4n) is 3.41. The van der Waals surface area contributed by atoms with Crippen molar-refractivity contribution in [1.82, 2.24) is 31.9 Å². The van der Waals surface area contributed by atoms with Crippen LogP contribution in [0, 0.1) is 5.41 Å². The molecule has 0 aromatic rings. The van der Waals surface area contributed by atoms with Crippen molar-refractivity contribution in [2.45, 2.75) is 63.1 Å². The van der Waals surface area contributed by atoms with Gasteiger partial charge in [-0.05, 0) is 58.0 Å². The van der Waals surface area contributed by atoms with Gasteiger partial charge >= 0.3 is 0 Å². The third-order valence-electron chi connectivity index (χ3n) is 5.50. The van der Waals surface area contributed by atoms with Gasteiger partial charge in [0.15, 0.2) is 5.96 Å². The molecule has 0 aliphatic heterocycles. The van der Waals surface area contributed by atoms with Gasteiger partial charge in [0.2, 0.25) is 29.5 Å². The van der Waals surface area contributed by atoms with E-state index in [2.05, 4.69) is 31.9 Å². The molecule has 228 valence electrons. The van der Waals surface area contributed by atoms with Gasteiger partial charge in [0.25, 0.3) is 0 Å². The van der Waals surface area contributed by atoms with Gasteiger partial charge in [0, 0.05) is 6.54 Å². The third kappa shape index (κ3) is 17.6. The number of rotatable bonds is 22. The van der Waals surface area contributed by atoms with Crippen LogP contribution in [0.1, 0.15) is 44.9 Å². The highest BCUT2D eigenvalue weighted by Gasteiger charge is 2.24. The number of guanidine groups is 1. The van der Waals surface area contributed by atoms with Crippen LogP contribution in [0.15, 0.2) is 0 Å². The van der Waals surface area contributed by atoms with Crippen LogP contribution in [0.25, 0.3) is 0 Å². The van der Waals surface area contributed by atoms with Crippen molar-refractivity contribution in [3.63, 3.8) is 0 Å². The van der Waals surface area contributed by atoms with E-state index in [-0.39, 0.29) is 25.5 Å². The zero-order chi connectivity index (χ0) is 30.3. The smallest absolute Gasteiger partial charge is 0.243 e. The molecule has 0 unspecified atom stereocenters. The molecule has 3 atom stereocenters. The number of nitrogens with two attached hydrogens (primary N) is 4. The predicted octanol–water partition coefficient (Wildman–Crippen LogP) is -5.04. The van der Waals surface area contributed by atoms with Crippen LogP contribution in [-0.4, -0.2) is 99.2 Å². The molecule has 5 amide bonds. The van der Waals surface area contributed by atoms with E-state index in [0.29, 0.717) is 57.9 Å². The van der Waals surface area contributed by atoms with E-state index in [9.17, 15) is 28.8 Å². The summed E-state index contributed by atoms with van der Waals surface area (Å²) >= 11 is 0. The lowest BCUT2D eigenvalue weighted by Gasteiger charge is -2.20. The van der Waals surface area contributed by atoms with Crippen LogP contribution in [0.2, 0.25) is 0 Å². The molecule has 0 rings (SSSR count). The van der Waals surface area contributed by atoms with Gasteiger partial charge in [-0.25, -0.2) is 0 Å². The van der Waals surface area contributed by atoms with Crippen LogP contribution in [-0.2, 0) is 28.8 Å². The summed E-state index contributed by atoms with van der Waals surface area (Å²) in [7, 11) is 0. The third-order valence-corrected chi connectivity index (χ3v) is 5.50. The second-order valence-corrected chi connectivity index (χ2v) is 8.89. The maximum Gasteiger partial charge on any atom is 0.243 e. The monoisotopic (exact) mass is 571 g/mol. The fourth-order valence-corrected chi connectivity index (χ4v) is 3.41. The summed E-state index contributed by atoms with van der Waals surface area (Å²) < 4.78 is 0. The minimum Gasteiger partial charge on any atom is -0.370 e. The van der Waals surface area contributed by atoms with Crippen molar-refractivity contribution < 1.29 is 28.8 Å². The molecule has 0 fully saturated rings. The molecule has 17 heteroatoms. The van der Waals surface area contributed by atoms with Crippen molar-refractivity contribution in [2.75, 3.05) is 39.3 Å². The van der Waals surface area contributed by atoms with E-state index in [1.54, 1.807) is 0 Å². The van der Waals surface area contributed by atoms with E-state index in [0.717, 1.165) is 0 Å². The molecule has 0 heterocycles. The SMILES string of the molecule is N=C(N)NCCC[C@@H](C=O)NC(=O)CNC(=O)[C@H](CCCN)NC(=O)CNC(=O)[C@H](CCCCN)NC(=O)CN. The molecule has 17 nitrogen and oxygen atoms in total. The van der Waals surface area contributed by atoms with Gasteiger partial charge in [0.1, 0.15) is 18.4 Å². The van der Waals surface area contributed by atoms with E-state index < -0.39 is 60.8 Å². The Morgan fingerprint density at radius 2 is 1.20 bits per heavy atom. The Hall–Kier alpha value is -3.83. The summed E-state index contributed by atoms with van der Waals surface area (Å²) in [5.74, 6) is -3.24. The average molecular weight is 572 g/mol.